The molecule has 0 aliphatic heterocycles. The highest BCUT2D eigenvalue weighted by molar-refractivity contribution is 5.84. The number of rotatable bonds is 6. The predicted octanol–water partition coefficient (Wildman–Crippen LogP) is 2.10. The number of aliphatic hydroxyl groups is 1. The highest BCUT2D eigenvalue weighted by atomic mass is 16.5. The molecular weight excluding hydrogens is 240 g/mol. The monoisotopic (exact) mass is 260 g/mol. The van der Waals surface area contributed by atoms with Crippen molar-refractivity contribution in [2.24, 2.45) is 5.73 Å². The Morgan fingerprint density at radius 3 is 2.89 bits per heavy atom. The molecule has 3 N–H and O–H groups in total. The lowest BCUT2D eigenvalue weighted by atomic mass is 10.1. The van der Waals surface area contributed by atoms with Crippen molar-refractivity contribution in [3.63, 3.8) is 0 Å². The Morgan fingerprint density at radius 1 is 1.32 bits per heavy atom. The van der Waals surface area contributed by atoms with Crippen molar-refractivity contribution in [1.82, 2.24) is 4.98 Å². The molecule has 0 bridgehead atoms. The summed E-state index contributed by atoms with van der Waals surface area (Å²) in [5.41, 5.74) is 6.91. The lowest BCUT2D eigenvalue weighted by molar-refractivity contribution is 0.0930. The first-order valence-corrected chi connectivity index (χ1v) is 6.63. The third kappa shape index (κ3) is 3.22. The van der Waals surface area contributed by atoms with E-state index in [1.54, 1.807) is 6.20 Å². The van der Waals surface area contributed by atoms with Gasteiger partial charge in [-0.05, 0) is 30.7 Å². The lowest BCUT2D eigenvalue weighted by Crippen LogP contribution is -2.41. The van der Waals surface area contributed by atoms with Gasteiger partial charge in [-0.2, -0.15) is 0 Å². The Labute approximate surface area is 113 Å². The topological polar surface area (TPSA) is 68.4 Å². The average Bonchev–Trinajstić information content (AvgIpc) is 2.45. The number of aliphatic hydroxyl groups excluding tert-OH is 1. The number of benzene rings is 1. The number of hydrogen-bond donors (Lipinski definition) is 2. The normalized spacial score (nSPS) is 14.3. The van der Waals surface area contributed by atoms with Crippen LogP contribution in [0.4, 0.5) is 0 Å². The summed E-state index contributed by atoms with van der Waals surface area (Å²) in [4.78, 5) is 4.28. The number of nitrogens with two attached hydrogens (primary N) is 1. The molecule has 2 unspecified atom stereocenters. The molecule has 0 saturated heterocycles. The summed E-state index contributed by atoms with van der Waals surface area (Å²) in [6.07, 6.45) is 3.16. The van der Waals surface area contributed by atoms with Gasteiger partial charge in [0.2, 0.25) is 0 Å². The standard InChI is InChI=1S/C15H20N2O2/c1-2-5-12(16)15(10-18)19-14-8-3-7-13-11(14)6-4-9-17-13/h3-4,6-9,12,15,18H,2,5,10,16H2,1H3. The number of hydrogen-bond acceptors (Lipinski definition) is 4. The molecule has 1 aromatic heterocycles. The second-order valence-electron chi connectivity index (χ2n) is 4.62. The minimum absolute atomic E-state index is 0.0855. The third-order valence-corrected chi connectivity index (χ3v) is 3.16. The largest absolute Gasteiger partial charge is 0.486 e. The summed E-state index contributed by atoms with van der Waals surface area (Å²) in [7, 11) is 0. The Balaban J connectivity index is 2.24. The summed E-state index contributed by atoms with van der Waals surface area (Å²) in [5, 5.41) is 10.4. The fourth-order valence-electron chi connectivity index (χ4n) is 2.12. The van der Waals surface area contributed by atoms with E-state index >= 15 is 0 Å². The van der Waals surface area contributed by atoms with Gasteiger partial charge in [0.15, 0.2) is 0 Å². The first kappa shape index (κ1) is 13.8. The maximum absolute atomic E-state index is 9.44. The van der Waals surface area contributed by atoms with E-state index in [1.165, 1.54) is 0 Å². The minimum Gasteiger partial charge on any atom is -0.486 e. The molecule has 0 aliphatic carbocycles. The van der Waals surface area contributed by atoms with Crippen LogP contribution < -0.4 is 10.5 Å². The minimum atomic E-state index is -0.384. The average molecular weight is 260 g/mol. The molecule has 19 heavy (non-hydrogen) atoms. The van der Waals surface area contributed by atoms with Gasteiger partial charge < -0.3 is 15.6 Å². The molecule has 2 aromatic rings. The molecule has 2 atom stereocenters. The molecule has 0 aliphatic rings. The second-order valence-corrected chi connectivity index (χ2v) is 4.62. The molecule has 1 aromatic carbocycles. The van der Waals surface area contributed by atoms with Gasteiger partial charge in [0, 0.05) is 17.6 Å². The third-order valence-electron chi connectivity index (χ3n) is 3.16. The second kappa shape index (κ2) is 6.50. The number of pyridine rings is 1. The lowest BCUT2D eigenvalue weighted by Gasteiger charge is -2.23. The number of nitrogens with zero attached hydrogens (tertiary/aromatic N) is 1. The van der Waals surface area contributed by atoms with E-state index in [2.05, 4.69) is 11.9 Å². The van der Waals surface area contributed by atoms with Crippen LogP contribution in [0.3, 0.4) is 0 Å². The highest BCUT2D eigenvalue weighted by Crippen LogP contribution is 2.25. The van der Waals surface area contributed by atoms with Gasteiger partial charge in [-0.25, -0.2) is 0 Å². The van der Waals surface area contributed by atoms with Crippen LogP contribution in [0.5, 0.6) is 5.75 Å². The zero-order valence-corrected chi connectivity index (χ0v) is 11.1. The van der Waals surface area contributed by atoms with Crippen molar-refractivity contribution < 1.29 is 9.84 Å². The fraction of sp³-hybridized carbons (Fsp3) is 0.400. The molecule has 0 amide bonds. The van der Waals surface area contributed by atoms with Gasteiger partial charge in [-0.15, -0.1) is 0 Å². The van der Waals surface area contributed by atoms with Gasteiger partial charge in [0.25, 0.3) is 0 Å². The van der Waals surface area contributed by atoms with E-state index in [9.17, 15) is 5.11 Å². The summed E-state index contributed by atoms with van der Waals surface area (Å²) < 4.78 is 5.88. The SMILES string of the molecule is CCCC(N)C(CO)Oc1cccc2ncccc12. The molecule has 102 valence electrons. The van der Waals surface area contributed by atoms with E-state index < -0.39 is 0 Å². The first-order chi connectivity index (χ1) is 9.26. The van der Waals surface area contributed by atoms with Crippen LogP contribution in [0, 0.1) is 0 Å². The van der Waals surface area contributed by atoms with Crippen molar-refractivity contribution in [3.05, 3.63) is 36.5 Å². The Morgan fingerprint density at radius 2 is 2.16 bits per heavy atom. The van der Waals surface area contributed by atoms with Gasteiger partial charge in [-0.3, -0.25) is 4.98 Å². The zero-order valence-electron chi connectivity index (χ0n) is 11.1. The molecule has 2 rings (SSSR count). The number of fused-ring (bicyclic) bond motifs is 1. The zero-order chi connectivity index (χ0) is 13.7. The number of ether oxygens (including phenoxy) is 1. The summed E-state index contributed by atoms with van der Waals surface area (Å²) in [5.74, 6) is 0.719. The van der Waals surface area contributed by atoms with Crippen LogP contribution in [0.25, 0.3) is 10.9 Å². The van der Waals surface area contributed by atoms with Crippen LogP contribution in [-0.2, 0) is 0 Å². The Hall–Kier alpha value is -1.65. The van der Waals surface area contributed by atoms with Crippen LogP contribution >= 0.6 is 0 Å². The van der Waals surface area contributed by atoms with E-state index in [4.69, 9.17) is 10.5 Å². The van der Waals surface area contributed by atoms with Crippen LogP contribution in [-0.4, -0.2) is 28.8 Å². The van der Waals surface area contributed by atoms with Crippen molar-refractivity contribution in [2.75, 3.05) is 6.61 Å². The van der Waals surface area contributed by atoms with Crippen molar-refractivity contribution >= 4 is 10.9 Å². The molecule has 4 nitrogen and oxygen atoms in total. The van der Waals surface area contributed by atoms with Crippen LogP contribution in [0.15, 0.2) is 36.5 Å². The van der Waals surface area contributed by atoms with Gasteiger partial charge >= 0.3 is 0 Å². The molecule has 0 saturated carbocycles. The Kier molecular flexibility index (Phi) is 4.71. The molecule has 0 fully saturated rings. The van der Waals surface area contributed by atoms with Crippen LogP contribution in [0.2, 0.25) is 0 Å². The molecular formula is C15H20N2O2. The van der Waals surface area contributed by atoms with E-state index in [1.807, 2.05) is 30.3 Å². The first-order valence-electron chi connectivity index (χ1n) is 6.63. The maximum Gasteiger partial charge on any atom is 0.137 e. The molecule has 4 heteroatoms. The van der Waals surface area contributed by atoms with Gasteiger partial charge in [-0.1, -0.05) is 19.4 Å². The highest BCUT2D eigenvalue weighted by Gasteiger charge is 2.18. The smallest absolute Gasteiger partial charge is 0.137 e. The van der Waals surface area contributed by atoms with E-state index in [0.29, 0.717) is 0 Å². The summed E-state index contributed by atoms with van der Waals surface area (Å²) >= 11 is 0. The molecule has 1 heterocycles. The van der Waals surface area contributed by atoms with Crippen molar-refractivity contribution in [1.29, 1.82) is 0 Å². The summed E-state index contributed by atoms with van der Waals surface area (Å²) in [6, 6.07) is 9.37. The van der Waals surface area contributed by atoms with E-state index in [0.717, 1.165) is 29.5 Å². The Bertz CT molecular complexity index is 525. The fourth-order valence-corrected chi connectivity index (χ4v) is 2.12. The molecule has 0 spiro atoms. The van der Waals surface area contributed by atoms with E-state index in [-0.39, 0.29) is 18.8 Å². The van der Waals surface area contributed by atoms with Crippen molar-refractivity contribution in [3.8, 4) is 5.75 Å². The quantitative estimate of drug-likeness (QED) is 0.834. The van der Waals surface area contributed by atoms with Crippen molar-refractivity contribution in [2.45, 2.75) is 31.9 Å². The number of aromatic nitrogens is 1. The van der Waals surface area contributed by atoms with Gasteiger partial charge in [0.05, 0.1) is 12.1 Å². The molecule has 0 radical (unpaired) electrons. The van der Waals surface area contributed by atoms with Gasteiger partial charge in [0.1, 0.15) is 11.9 Å². The van der Waals surface area contributed by atoms with Crippen LogP contribution in [0.1, 0.15) is 19.8 Å². The maximum atomic E-state index is 9.44. The predicted molar refractivity (Wildman–Crippen MR) is 76.1 cm³/mol. The summed E-state index contributed by atoms with van der Waals surface area (Å²) in [6.45, 7) is 1.98.